The lowest BCUT2D eigenvalue weighted by Crippen LogP contribution is -2.21. The second-order valence-electron chi connectivity index (χ2n) is 4.34. The molecule has 5 nitrogen and oxygen atoms in total. The smallest absolute Gasteiger partial charge is 0.354 e. The molecule has 1 heterocycles. The monoisotopic (exact) mass is 338 g/mol. The van der Waals surface area contributed by atoms with Crippen LogP contribution in [-0.4, -0.2) is 23.3 Å². The highest BCUT2D eigenvalue weighted by Gasteiger charge is 2.14. The van der Waals surface area contributed by atoms with Gasteiger partial charge in [0.1, 0.15) is 5.69 Å². The highest BCUT2D eigenvalue weighted by atomic mass is 35.5. The number of halogens is 2. The molecule has 2 rings (SSSR count). The molecule has 0 saturated carbocycles. The first-order chi connectivity index (χ1) is 10.4. The predicted molar refractivity (Wildman–Crippen MR) is 85.4 cm³/mol. The highest BCUT2D eigenvalue weighted by molar-refractivity contribution is 6.42. The van der Waals surface area contributed by atoms with Crippen LogP contribution in [0.15, 0.2) is 35.1 Å². The number of hydrogen-bond acceptors (Lipinski definition) is 4. The molecule has 0 fully saturated rings. The Morgan fingerprint density at radius 3 is 2.55 bits per heavy atom. The second-order valence-corrected chi connectivity index (χ2v) is 5.15. The van der Waals surface area contributed by atoms with Crippen LogP contribution in [0, 0.1) is 5.41 Å². The fraction of sp³-hybridized carbons (Fsp3) is 0.133. The largest absolute Gasteiger partial charge is 0.461 e. The van der Waals surface area contributed by atoms with Gasteiger partial charge in [0, 0.05) is 5.56 Å². The van der Waals surface area contributed by atoms with E-state index < -0.39 is 11.5 Å². The molecule has 0 atom stereocenters. The van der Waals surface area contributed by atoms with E-state index in [4.69, 9.17) is 33.3 Å². The summed E-state index contributed by atoms with van der Waals surface area (Å²) < 4.78 is 4.80. The van der Waals surface area contributed by atoms with Gasteiger partial charge >= 0.3 is 5.97 Å². The van der Waals surface area contributed by atoms with E-state index in [1.165, 1.54) is 18.2 Å². The maximum atomic E-state index is 12.1. The zero-order valence-corrected chi connectivity index (χ0v) is 13.1. The van der Waals surface area contributed by atoms with Gasteiger partial charge in [0.05, 0.1) is 27.9 Å². The molecule has 0 saturated heterocycles. The van der Waals surface area contributed by atoms with Gasteiger partial charge in [-0.15, -0.1) is 0 Å². The number of carbonyl (C=O) groups excluding carboxylic acids is 1. The first-order valence-electron chi connectivity index (χ1n) is 6.38. The quantitative estimate of drug-likeness (QED) is 0.662. The van der Waals surface area contributed by atoms with E-state index >= 15 is 0 Å². The molecule has 114 valence electrons. The number of nitrogens with one attached hydrogen (secondary N) is 2. The summed E-state index contributed by atoms with van der Waals surface area (Å²) in [4.78, 5) is 26.0. The van der Waals surface area contributed by atoms with Gasteiger partial charge in [-0.2, -0.15) is 0 Å². The number of hydrogen-bond donors (Lipinski definition) is 2. The second kappa shape index (κ2) is 6.77. The summed E-state index contributed by atoms with van der Waals surface area (Å²) >= 11 is 11.7. The van der Waals surface area contributed by atoms with Crippen LogP contribution < -0.4 is 5.56 Å². The van der Waals surface area contributed by atoms with E-state index in [1.54, 1.807) is 19.1 Å². The maximum Gasteiger partial charge on any atom is 0.354 e. The molecule has 0 radical (unpaired) electrons. The third-order valence-electron chi connectivity index (χ3n) is 2.88. The predicted octanol–water partition coefficient (Wildman–Crippen LogP) is 3.27. The van der Waals surface area contributed by atoms with Crippen molar-refractivity contribution in [3.63, 3.8) is 0 Å². The highest BCUT2D eigenvalue weighted by Crippen LogP contribution is 2.23. The zero-order chi connectivity index (χ0) is 16.3. The van der Waals surface area contributed by atoms with Gasteiger partial charge in [-0.1, -0.05) is 29.3 Å². The van der Waals surface area contributed by atoms with Gasteiger partial charge in [-0.3, -0.25) is 10.2 Å². The number of aromatic nitrogens is 1. The number of rotatable bonds is 4. The van der Waals surface area contributed by atoms with E-state index in [0.717, 1.165) is 0 Å². The van der Waals surface area contributed by atoms with Gasteiger partial charge in [-0.05, 0) is 31.2 Å². The van der Waals surface area contributed by atoms with Gasteiger partial charge in [0.25, 0.3) is 5.56 Å². The Labute approximate surface area is 136 Å². The molecule has 7 heteroatoms. The zero-order valence-electron chi connectivity index (χ0n) is 11.6. The van der Waals surface area contributed by atoms with Crippen LogP contribution in [0.5, 0.6) is 0 Å². The van der Waals surface area contributed by atoms with Gasteiger partial charge < -0.3 is 9.72 Å². The molecule has 0 aliphatic rings. The molecular weight excluding hydrogens is 327 g/mol. The van der Waals surface area contributed by atoms with Crippen LogP contribution in [0.4, 0.5) is 0 Å². The van der Waals surface area contributed by atoms with Crippen molar-refractivity contribution in [2.24, 2.45) is 0 Å². The molecule has 0 amide bonds. The molecule has 2 aromatic rings. The van der Waals surface area contributed by atoms with Crippen molar-refractivity contribution in [3.05, 3.63) is 67.6 Å². The lowest BCUT2D eigenvalue weighted by atomic mass is 10.0. The topological polar surface area (TPSA) is 83.0 Å². The van der Waals surface area contributed by atoms with Crippen LogP contribution in [0.3, 0.4) is 0 Å². The minimum absolute atomic E-state index is 0.0183. The molecule has 0 bridgehead atoms. The van der Waals surface area contributed by atoms with E-state index in [1.807, 2.05) is 0 Å². The maximum absolute atomic E-state index is 12.1. The van der Waals surface area contributed by atoms with Crippen LogP contribution in [-0.2, 0) is 4.74 Å². The Kier molecular flexibility index (Phi) is 5.00. The number of esters is 1. The number of carbonyl (C=O) groups is 1. The summed E-state index contributed by atoms with van der Waals surface area (Å²) in [6, 6.07) is 7.45. The molecule has 22 heavy (non-hydrogen) atoms. The van der Waals surface area contributed by atoms with Crippen molar-refractivity contribution in [3.8, 4) is 0 Å². The van der Waals surface area contributed by atoms with Crippen molar-refractivity contribution >= 4 is 34.9 Å². The van der Waals surface area contributed by atoms with Gasteiger partial charge in [-0.25, -0.2) is 4.79 Å². The average Bonchev–Trinajstić information content (AvgIpc) is 2.49. The normalized spacial score (nSPS) is 10.3. The molecule has 0 unspecified atom stereocenters. The van der Waals surface area contributed by atoms with Crippen molar-refractivity contribution in [1.29, 1.82) is 5.41 Å². The summed E-state index contributed by atoms with van der Waals surface area (Å²) in [5.41, 5.74) is 0.0320. The third kappa shape index (κ3) is 3.37. The fourth-order valence-corrected chi connectivity index (χ4v) is 2.10. The Hall–Kier alpha value is -2.11. The van der Waals surface area contributed by atoms with E-state index in [9.17, 15) is 9.59 Å². The summed E-state index contributed by atoms with van der Waals surface area (Å²) in [6.45, 7) is 1.88. The van der Waals surface area contributed by atoms with Crippen molar-refractivity contribution in [1.82, 2.24) is 4.98 Å². The molecule has 1 aromatic heterocycles. The minimum atomic E-state index is -0.618. The number of ether oxygens (including phenoxy) is 1. The van der Waals surface area contributed by atoms with Crippen molar-refractivity contribution in [2.75, 3.05) is 6.61 Å². The average molecular weight is 339 g/mol. The minimum Gasteiger partial charge on any atom is -0.461 e. The summed E-state index contributed by atoms with van der Waals surface area (Å²) in [7, 11) is 0. The summed E-state index contributed by atoms with van der Waals surface area (Å²) in [6.07, 6.45) is 0. The van der Waals surface area contributed by atoms with Crippen LogP contribution in [0.2, 0.25) is 10.0 Å². The third-order valence-corrected chi connectivity index (χ3v) is 3.62. The molecule has 0 aliphatic heterocycles. The van der Waals surface area contributed by atoms with Crippen LogP contribution in [0.1, 0.15) is 28.5 Å². The van der Waals surface area contributed by atoms with Crippen LogP contribution in [0.25, 0.3) is 0 Å². The first-order valence-corrected chi connectivity index (χ1v) is 7.14. The molecular formula is C15H12Cl2N2O3. The molecule has 1 aromatic carbocycles. The van der Waals surface area contributed by atoms with E-state index in [0.29, 0.717) is 15.6 Å². The van der Waals surface area contributed by atoms with Gasteiger partial charge in [0.2, 0.25) is 0 Å². The number of H-pyrrole nitrogens is 1. The SMILES string of the molecule is CCOC(=O)c1ccc(C(=N)c2ccc(Cl)c(Cl)c2)c(=O)[nH]1. The number of pyridine rings is 1. The summed E-state index contributed by atoms with van der Waals surface area (Å²) in [5.74, 6) is -0.618. The van der Waals surface area contributed by atoms with E-state index in [-0.39, 0.29) is 23.6 Å². The van der Waals surface area contributed by atoms with Crippen molar-refractivity contribution < 1.29 is 9.53 Å². The Balaban J connectivity index is 2.36. The van der Waals surface area contributed by atoms with Crippen molar-refractivity contribution in [2.45, 2.75) is 6.92 Å². The Morgan fingerprint density at radius 2 is 1.95 bits per heavy atom. The Morgan fingerprint density at radius 1 is 1.23 bits per heavy atom. The lowest BCUT2D eigenvalue weighted by molar-refractivity contribution is 0.0519. The Bertz CT molecular complexity index is 800. The van der Waals surface area contributed by atoms with Crippen LogP contribution >= 0.6 is 23.2 Å². The first kappa shape index (κ1) is 16.3. The fourth-order valence-electron chi connectivity index (χ4n) is 1.81. The summed E-state index contributed by atoms with van der Waals surface area (Å²) in [5, 5.41) is 8.76. The number of benzene rings is 1. The standard InChI is InChI=1S/C15H12Cl2N2O3/c1-2-22-15(21)12-6-4-9(14(20)19-12)13(18)8-3-5-10(16)11(17)7-8/h3-7,18H,2H2,1H3,(H,19,20). The van der Waals surface area contributed by atoms with Gasteiger partial charge in [0.15, 0.2) is 0 Å². The number of aromatic amines is 1. The molecule has 0 spiro atoms. The lowest BCUT2D eigenvalue weighted by Gasteiger charge is -2.06. The van der Waals surface area contributed by atoms with E-state index in [2.05, 4.69) is 4.98 Å². The molecule has 2 N–H and O–H groups in total. The molecule has 0 aliphatic carbocycles.